The molecule has 0 saturated heterocycles. The van der Waals surface area contributed by atoms with Crippen molar-refractivity contribution in [3.8, 4) is 22.5 Å². The Labute approximate surface area is 469 Å². The SMILES string of the molecule is Cc1cc(-c2cc(C)c(N3C(=O)c4cccc(-n5c6ccc(C(C)(C)C)cc6c6cc(C(C)(C)C)ccc65)c4C3=O)c(C)c2)cc(C)c1N1C(=O)c2cccc(-n3c4ccc(C(C)(C)C)cc4c4cc(C(C)(C)C)ccc43)c2C1=O. The fourth-order valence-electron chi connectivity index (χ4n) is 12.7. The lowest BCUT2D eigenvalue weighted by molar-refractivity contribution is 0.0910. The van der Waals surface area contributed by atoms with E-state index in [1.54, 1.807) is 12.1 Å². The largest absolute Gasteiger partial charge is 0.308 e. The van der Waals surface area contributed by atoms with E-state index in [9.17, 15) is 9.59 Å². The van der Waals surface area contributed by atoms with Crippen molar-refractivity contribution in [2.24, 2.45) is 0 Å². The van der Waals surface area contributed by atoms with Crippen molar-refractivity contribution in [2.75, 3.05) is 9.80 Å². The molecule has 8 nitrogen and oxygen atoms in total. The minimum Gasteiger partial charge on any atom is -0.308 e. The number of carbonyl (C=O) groups is 4. The van der Waals surface area contributed by atoms with E-state index in [1.807, 2.05) is 76.2 Å². The Kier molecular flexibility index (Phi) is 11.5. The number of aromatic nitrogens is 2. The van der Waals surface area contributed by atoms with Crippen molar-refractivity contribution in [3.63, 3.8) is 0 Å². The third kappa shape index (κ3) is 7.91. The minimum absolute atomic E-state index is 0.0771. The number of hydrogen-bond donors (Lipinski definition) is 0. The van der Waals surface area contributed by atoms with Gasteiger partial charge in [0.1, 0.15) is 0 Å². The lowest BCUT2D eigenvalue weighted by Crippen LogP contribution is -2.31. The number of aryl methyl sites for hydroxylation is 4. The molecule has 10 aromatic rings. The van der Waals surface area contributed by atoms with Gasteiger partial charge in [-0.2, -0.15) is 0 Å². The summed E-state index contributed by atoms with van der Waals surface area (Å²) in [6, 6.07) is 45.7. The van der Waals surface area contributed by atoms with E-state index in [-0.39, 0.29) is 45.3 Å². The van der Waals surface area contributed by atoms with Crippen LogP contribution in [0, 0.1) is 27.7 Å². The van der Waals surface area contributed by atoms with Crippen molar-refractivity contribution in [2.45, 2.75) is 132 Å². The van der Waals surface area contributed by atoms with Gasteiger partial charge in [0, 0.05) is 21.5 Å². The zero-order valence-corrected chi connectivity index (χ0v) is 49.1. The molecule has 0 saturated carbocycles. The summed E-state index contributed by atoms with van der Waals surface area (Å²) in [5, 5.41) is 4.40. The van der Waals surface area contributed by atoms with Crippen LogP contribution < -0.4 is 9.80 Å². The molecule has 402 valence electrons. The van der Waals surface area contributed by atoms with Crippen LogP contribution in [0.25, 0.3) is 66.1 Å². The number of benzene rings is 8. The molecule has 8 heteroatoms. The van der Waals surface area contributed by atoms with Crippen molar-refractivity contribution in [1.29, 1.82) is 0 Å². The van der Waals surface area contributed by atoms with E-state index in [0.29, 0.717) is 45.0 Å². The van der Waals surface area contributed by atoms with Gasteiger partial charge in [-0.25, -0.2) is 9.80 Å². The van der Waals surface area contributed by atoms with Crippen LogP contribution in [0.5, 0.6) is 0 Å². The monoisotopic (exact) mass is 1050 g/mol. The topological polar surface area (TPSA) is 84.6 Å². The van der Waals surface area contributed by atoms with Gasteiger partial charge in [0.25, 0.3) is 23.6 Å². The van der Waals surface area contributed by atoms with Crippen LogP contribution in [-0.4, -0.2) is 32.8 Å². The predicted octanol–water partition coefficient (Wildman–Crippen LogP) is 17.6. The fraction of sp³-hybridized carbons (Fsp3) is 0.278. The predicted molar refractivity (Wildman–Crippen MR) is 329 cm³/mol. The highest BCUT2D eigenvalue weighted by atomic mass is 16.2. The highest BCUT2D eigenvalue weighted by Gasteiger charge is 2.43. The van der Waals surface area contributed by atoms with E-state index in [0.717, 1.165) is 77.0 Å². The first-order valence-corrected chi connectivity index (χ1v) is 28.0. The smallest absolute Gasteiger partial charge is 0.268 e. The summed E-state index contributed by atoms with van der Waals surface area (Å²) in [4.78, 5) is 62.5. The van der Waals surface area contributed by atoms with Crippen molar-refractivity contribution in [3.05, 3.63) is 200 Å². The second kappa shape index (κ2) is 17.6. The normalized spacial score (nSPS) is 14.3. The summed E-state index contributed by atoms with van der Waals surface area (Å²) in [5.41, 5.74) is 17.2. The van der Waals surface area contributed by atoms with Gasteiger partial charge >= 0.3 is 0 Å². The number of anilines is 2. The van der Waals surface area contributed by atoms with Crippen molar-refractivity contribution < 1.29 is 19.2 Å². The van der Waals surface area contributed by atoms with E-state index in [4.69, 9.17) is 0 Å². The molecule has 4 heterocycles. The molecule has 2 aromatic heterocycles. The van der Waals surface area contributed by atoms with Crippen LogP contribution >= 0.6 is 0 Å². The molecule has 0 radical (unpaired) electrons. The van der Waals surface area contributed by atoms with Gasteiger partial charge in [0.2, 0.25) is 0 Å². The molecule has 0 N–H and O–H groups in total. The molecule has 0 fully saturated rings. The molecule has 4 amide bonds. The Morgan fingerprint density at radius 3 is 0.825 bits per heavy atom. The van der Waals surface area contributed by atoms with Gasteiger partial charge in [0.15, 0.2) is 0 Å². The Balaban J connectivity index is 0.898. The molecule has 0 spiro atoms. The molecule has 80 heavy (non-hydrogen) atoms. The first-order chi connectivity index (χ1) is 37.5. The maximum Gasteiger partial charge on any atom is 0.268 e. The number of carbonyl (C=O) groups excluding carboxylic acids is 4. The second-order valence-corrected chi connectivity index (χ2v) is 26.8. The quantitative estimate of drug-likeness (QED) is 0.161. The average Bonchev–Trinajstić information content (AvgIpc) is 2.92. The number of hydrogen-bond acceptors (Lipinski definition) is 4. The number of amides is 4. The summed E-state index contributed by atoms with van der Waals surface area (Å²) < 4.78 is 4.32. The van der Waals surface area contributed by atoms with Crippen LogP contribution in [0.3, 0.4) is 0 Å². The van der Waals surface area contributed by atoms with Gasteiger partial charge in [-0.3, -0.25) is 19.2 Å². The highest BCUT2D eigenvalue weighted by Crippen LogP contribution is 2.45. The van der Waals surface area contributed by atoms with E-state index < -0.39 is 0 Å². The first kappa shape index (κ1) is 52.3. The lowest BCUT2D eigenvalue weighted by atomic mass is 9.85. The average molecular weight is 1060 g/mol. The standard InChI is InChI=1S/C72H70N4O4/c1-39-31-43(32-40(2)63(39)75-65(77)49-19-17-21-59(61(49)67(75)79)73-55-27-23-45(69(5,6)7)35-51(55)52-36-46(70(8,9)10)24-28-56(52)73)44-33-41(3)64(42(4)34-44)76-66(78)50-20-18-22-60(62(50)68(76)80)74-57-29-25-47(71(11,12)13)37-53(57)54-38-48(72(14,15)16)26-30-58(54)74/h17-38H,1-16H3. The molecular formula is C72H70N4O4. The molecule has 2 aliphatic rings. The number of imide groups is 2. The Morgan fingerprint density at radius 1 is 0.312 bits per heavy atom. The second-order valence-electron chi connectivity index (χ2n) is 26.8. The van der Waals surface area contributed by atoms with Crippen LogP contribution in [-0.2, 0) is 21.7 Å². The maximum atomic E-state index is 15.1. The molecule has 0 bridgehead atoms. The lowest BCUT2D eigenvalue weighted by Gasteiger charge is -2.23. The minimum atomic E-state index is -0.366. The van der Waals surface area contributed by atoms with Gasteiger partial charge in [0.05, 0.1) is 67.1 Å². The summed E-state index contributed by atoms with van der Waals surface area (Å²) in [7, 11) is 0. The summed E-state index contributed by atoms with van der Waals surface area (Å²) in [6.07, 6.45) is 0. The molecule has 2 aliphatic heterocycles. The zero-order chi connectivity index (χ0) is 57.2. The van der Waals surface area contributed by atoms with Crippen molar-refractivity contribution >= 4 is 78.6 Å². The molecular weight excluding hydrogens is 985 g/mol. The van der Waals surface area contributed by atoms with Gasteiger partial charge in [-0.15, -0.1) is 0 Å². The molecule has 0 atom stereocenters. The summed E-state index contributed by atoms with van der Waals surface area (Å²) >= 11 is 0. The summed E-state index contributed by atoms with van der Waals surface area (Å²) in [6.45, 7) is 34.4. The highest BCUT2D eigenvalue weighted by molar-refractivity contribution is 6.37. The number of fused-ring (bicyclic) bond motifs is 8. The molecule has 12 rings (SSSR count). The number of rotatable bonds is 5. The van der Waals surface area contributed by atoms with Gasteiger partial charge in [-0.05, 0) is 202 Å². The van der Waals surface area contributed by atoms with Gasteiger partial charge in [-0.1, -0.05) is 119 Å². The zero-order valence-electron chi connectivity index (χ0n) is 49.1. The van der Waals surface area contributed by atoms with Crippen molar-refractivity contribution in [1.82, 2.24) is 9.13 Å². The number of nitrogens with zero attached hydrogens (tertiary/aromatic N) is 4. The third-order valence-corrected chi connectivity index (χ3v) is 17.0. The van der Waals surface area contributed by atoms with E-state index in [1.165, 1.54) is 32.1 Å². The Hall–Kier alpha value is -8.36. The Bertz CT molecular complexity index is 3940. The van der Waals surface area contributed by atoms with Crippen LogP contribution in [0.4, 0.5) is 11.4 Å². The molecule has 0 unspecified atom stereocenters. The van der Waals surface area contributed by atoms with Crippen LogP contribution in [0.2, 0.25) is 0 Å². The first-order valence-electron chi connectivity index (χ1n) is 28.0. The van der Waals surface area contributed by atoms with E-state index in [2.05, 4.69) is 165 Å². The van der Waals surface area contributed by atoms with E-state index >= 15 is 9.59 Å². The molecule has 0 aliphatic carbocycles. The van der Waals surface area contributed by atoms with Crippen LogP contribution in [0.15, 0.2) is 133 Å². The van der Waals surface area contributed by atoms with Crippen LogP contribution in [0.1, 0.15) is 169 Å². The Morgan fingerprint density at radius 2 is 0.575 bits per heavy atom. The fourth-order valence-corrected chi connectivity index (χ4v) is 12.7. The van der Waals surface area contributed by atoms with Gasteiger partial charge < -0.3 is 9.13 Å². The third-order valence-electron chi connectivity index (χ3n) is 17.0. The maximum absolute atomic E-state index is 15.1. The summed E-state index contributed by atoms with van der Waals surface area (Å²) in [5.74, 6) is -1.46. The molecule has 8 aromatic carbocycles.